The van der Waals surface area contributed by atoms with Crippen molar-refractivity contribution in [2.24, 2.45) is 11.8 Å². The van der Waals surface area contributed by atoms with Crippen LogP contribution in [0.25, 0.3) is 10.9 Å². The van der Waals surface area contributed by atoms with Gasteiger partial charge in [0.15, 0.2) is 0 Å². The summed E-state index contributed by atoms with van der Waals surface area (Å²) in [7, 11) is 1.61. The molecule has 1 aliphatic carbocycles. The minimum Gasteiger partial charge on any atom is -0.497 e. The molecule has 36 heavy (non-hydrogen) atoms. The number of rotatable bonds is 12. The molecule has 0 bridgehead atoms. The van der Waals surface area contributed by atoms with Crippen LogP contribution in [-0.4, -0.2) is 58.7 Å². The molecule has 1 saturated carbocycles. The molecule has 1 aromatic heterocycles. The highest BCUT2D eigenvalue weighted by molar-refractivity contribution is 7.99. The number of carboxylic acid groups (broad SMARTS) is 1. The van der Waals surface area contributed by atoms with E-state index in [0.717, 1.165) is 48.6 Å². The van der Waals surface area contributed by atoms with E-state index in [2.05, 4.69) is 21.6 Å². The van der Waals surface area contributed by atoms with Crippen molar-refractivity contribution in [3.63, 3.8) is 0 Å². The third-order valence-electron chi connectivity index (χ3n) is 8.05. The normalized spacial score (nSPS) is 22.5. The smallest absolute Gasteiger partial charge is 0.303 e. The van der Waals surface area contributed by atoms with Gasteiger partial charge in [-0.2, -0.15) is 11.8 Å². The maximum absolute atomic E-state index is 15.5. The third-order valence-corrected chi connectivity index (χ3v) is 9.51. The van der Waals surface area contributed by atoms with Crippen molar-refractivity contribution < 1.29 is 19.0 Å². The summed E-state index contributed by atoms with van der Waals surface area (Å²) >= 11 is 2.14. The van der Waals surface area contributed by atoms with E-state index in [1.807, 2.05) is 18.2 Å². The number of piperidine rings is 1. The Labute approximate surface area is 219 Å². The summed E-state index contributed by atoms with van der Waals surface area (Å²) in [5, 5.41) is 11.2. The predicted octanol–water partition coefficient (Wildman–Crippen LogP) is 6.90. The number of hydrogen-bond donors (Lipinski definition) is 1. The topological polar surface area (TPSA) is 62.7 Å². The van der Waals surface area contributed by atoms with E-state index >= 15 is 4.39 Å². The lowest BCUT2D eigenvalue weighted by molar-refractivity contribution is -0.139. The van der Waals surface area contributed by atoms with Gasteiger partial charge in [0.2, 0.25) is 0 Å². The number of fused-ring (bicyclic) bond motifs is 1. The number of carbonyl (C=O) groups is 1. The zero-order valence-electron chi connectivity index (χ0n) is 21.5. The number of hydrogen-bond acceptors (Lipinski definition) is 5. The highest BCUT2D eigenvalue weighted by Gasteiger charge is 2.31. The lowest BCUT2D eigenvalue weighted by atomic mass is 9.79. The molecule has 198 valence electrons. The molecule has 1 aliphatic heterocycles. The molecule has 2 heterocycles. The van der Waals surface area contributed by atoms with Crippen molar-refractivity contribution in [1.29, 1.82) is 0 Å². The second-order valence-electron chi connectivity index (χ2n) is 10.5. The highest BCUT2D eigenvalue weighted by Crippen LogP contribution is 2.36. The molecule has 0 spiro atoms. The number of likely N-dealkylation sites (tertiary alicyclic amines) is 1. The zero-order valence-corrected chi connectivity index (χ0v) is 22.4. The number of methoxy groups -OCH3 is 1. The molecular weight excluding hydrogens is 475 g/mol. The standard InChI is InChI=1S/C29H41FN2O3S/c1-35-23-9-11-28-26(19-23)25(12-14-31-28)27(30)10-8-21-13-16-32(20-22(21)18-29(33)34)15-5-17-36-24-6-3-2-4-7-24/h9,11-12,14,19,21-22,24,27H,2-8,10,13,15-18,20H2,1H3,(H,33,34)/t21-,22+,27+/m1/s1. The van der Waals surface area contributed by atoms with E-state index in [9.17, 15) is 9.90 Å². The van der Waals surface area contributed by atoms with Gasteiger partial charge in [0.1, 0.15) is 11.9 Å². The number of nitrogens with zero attached hydrogens (tertiary/aromatic N) is 2. The summed E-state index contributed by atoms with van der Waals surface area (Å²) in [5.74, 6) is 1.47. The molecular formula is C29H41FN2O3S. The lowest BCUT2D eigenvalue weighted by Crippen LogP contribution is -2.42. The monoisotopic (exact) mass is 516 g/mol. The molecule has 1 N–H and O–H groups in total. The van der Waals surface area contributed by atoms with E-state index in [0.29, 0.717) is 24.2 Å². The van der Waals surface area contributed by atoms with Crippen molar-refractivity contribution in [2.75, 3.05) is 32.5 Å². The minimum absolute atomic E-state index is 0.0868. The number of carboxylic acids is 1. The number of thioether (sulfide) groups is 1. The molecule has 0 unspecified atom stereocenters. The molecule has 3 atom stereocenters. The Morgan fingerprint density at radius 3 is 2.83 bits per heavy atom. The van der Waals surface area contributed by atoms with Crippen LogP contribution in [-0.2, 0) is 4.79 Å². The van der Waals surface area contributed by atoms with Gasteiger partial charge in [-0.25, -0.2) is 4.39 Å². The number of aliphatic carboxylic acids is 1. The van der Waals surface area contributed by atoms with Crippen LogP contribution in [0.2, 0.25) is 0 Å². The molecule has 0 radical (unpaired) electrons. The van der Waals surface area contributed by atoms with Crippen LogP contribution in [0.3, 0.4) is 0 Å². The first-order valence-electron chi connectivity index (χ1n) is 13.7. The second-order valence-corrected chi connectivity index (χ2v) is 11.9. The Balaban J connectivity index is 1.29. The van der Waals surface area contributed by atoms with Crippen molar-refractivity contribution in [3.8, 4) is 5.75 Å². The molecule has 2 aromatic rings. The number of pyridine rings is 1. The van der Waals surface area contributed by atoms with Gasteiger partial charge in [-0.05, 0) is 99.0 Å². The van der Waals surface area contributed by atoms with Gasteiger partial charge in [0, 0.05) is 29.8 Å². The molecule has 2 aliphatic rings. The van der Waals surface area contributed by atoms with Gasteiger partial charge in [0.05, 0.1) is 12.6 Å². The largest absolute Gasteiger partial charge is 0.497 e. The maximum atomic E-state index is 15.5. The first kappa shape index (κ1) is 27.2. The van der Waals surface area contributed by atoms with Crippen LogP contribution in [0.1, 0.15) is 75.9 Å². The van der Waals surface area contributed by atoms with Gasteiger partial charge in [-0.15, -0.1) is 0 Å². The Morgan fingerprint density at radius 2 is 2.06 bits per heavy atom. The van der Waals surface area contributed by atoms with E-state index in [-0.39, 0.29) is 18.3 Å². The fraction of sp³-hybridized carbons (Fsp3) is 0.655. The van der Waals surface area contributed by atoms with E-state index in [4.69, 9.17) is 4.74 Å². The fourth-order valence-corrected chi connectivity index (χ4v) is 7.32. The molecule has 1 saturated heterocycles. The Morgan fingerprint density at radius 1 is 1.22 bits per heavy atom. The van der Waals surface area contributed by atoms with Crippen molar-refractivity contribution >= 4 is 28.6 Å². The summed E-state index contributed by atoms with van der Waals surface area (Å²) in [6.07, 6.45) is 10.8. The molecule has 4 rings (SSSR count). The summed E-state index contributed by atoms with van der Waals surface area (Å²) in [5.41, 5.74) is 1.40. The number of alkyl halides is 1. The fourth-order valence-electron chi connectivity index (χ4n) is 6.03. The van der Waals surface area contributed by atoms with Crippen LogP contribution in [0, 0.1) is 11.8 Å². The SMILES string of the molecule is COc1ccc2nccc([C@@H](F)CC[C@@H]3CCN(CCCSC4CCCCC4)C[C@@H]3CC(=O)O)c2c1. The number of benzene rings is 1. The summed E-state index contributed by atoms with van der Waals surface area (Å²) in [6.45, 7) is 2.84. The molecule has 7 heteroatoms. The van der Waals surface area contributed by atoms with E-state index < -0.39 is 12.1 Å². The first-order chi connectivity index (χ1) is 17.5. The quantitative estimate of drug-likeness (QED) is 0.310. The Bertz CT molecular complexity index is 984. The lowest BCUT2D eigenvalue weighted by Gasteiger charge is -2.38. The molecule has 2 fully saturated rings. The maximum Gasteiger partial charge on any atom is 0.303 e. The summed E-state index contributed by atoms with van der Waals surface area (Å²) in [6, 6.07) is 7.31. The predicted molar refractivity (Wildman–Crippen MR) is 146 cm³/mol. The van der Waals surface area contributed by atoms with E-state index in [1.54, 1.807) is 19.4 Å². The van der Waals surface area contributed by atoms with Crippen LogP contribution >= 0.6 is 11.8 Å². The molecule has 1 aromatic carbocycles. The average molecular weight is 517 g/mol. The van der Waals surface area contributed by atoms with Gasteiger partial charge in [-0.1, -0.05) is 19.3 Å². The Kier molecular flexibility index (Phi) is 10.3. The van der Waals surface area contributed by atoms with Crippen LogP contribution < -0.4 is 4.74 Å². The molecule has 0 amide bonds. The first-order valence-corrected chi connectivity index (χ1v) is 14.7. The Hall–Kier alpha value is -1.86. The minimum atomic E-state index is -1.11. The van der Waals surface area contributed by atoms with Gasteiger partial charge in [-0.3, -0.25) is 9.78 Å². The van der Waals surface area contributed by atoms with Gasteiger partial charge < -0.3 is 14.7 Å². The van der Waals surface area contributed by atoms with Crippen LogP contribution in [0.4, 0.5) is 4.39 Å². The van der Waals surface area contributed by atoms with Gasteiger partial charge in [0.25, 0.3) is 0 Å². The highest BCUT2D eigenvalue weighted by atomic mass is 32.2. The van der Waals surface area contributed by atoms with E-state index in [1.165, 1.54) is 37.9 Å². The van der Waals surface area contributed by atoms with Crippen molar-refractivity contribution in [2.45, 2.75) is 75.6 Å². The van der Waals surface area contributed by atoms with Crippen molar-refractivity contribution in [1.82, 2.24) is 9.88 Å². The zero-order chi connectivity index (χ0) is 25.3. The van der Waals surface area contributed by atoms with Crippen molar-refractivity contribution in [3.05, 3.63) is 36.0 Å². The number of aromatic nitrogens is 1. The number of halogens is 1. The summed E-state index contributed by atoms with van der Waals surface area (Å²) < 4.78 is 20.8. The van der Waals surface area contributed by atoms with Gasteiger partial charge >= 0.3 is 5.97 Å². The second kappa shape index (κ2) is 13.6. The average Bonchev–Trinajstić information content (AvgIpc) is 2.90. The van der Waals surface area contributed by atoms with Crippen LogP contribution in [0.5, 0.6) is 5.75 Å². The van der Waals surface area contributed by atoms with Crippen LogP contribution in [0.15, 0.2) is 30.5 Å². The molecule has 5 nitrogen and oxygen atoms in total. The third kappa shape index (κ3) is 7.58. The summed E-state index contributed by atoms with van der Waals surface area (Å²) in [4.78, 5) is 18.4. The number of ether oxygens (including phenoxy) is 1.